The molecule has 0 aliphatic carbocycles. The number of rotatable bonds is 3. The molecule has 1 atom stereocenters. The molecule has 0 aromatic heterocycles. The van der Waals surface area contributed by atoms with E-state index in [1.807, 2.05) is 12.1 Å². The lowest BCUT2D eigenvalue weighted by atomic mass is 9.91. The van der Waals surface area contributed by atoms with E-state index in [9.17, 15) is 13.6 Å². The second-order valence-electron chi connectivity index (χ2n) is 6.18. The van der Waals surface area contributed by atoms with Gasteiger partial charge in [-0.3, -0.25) is 4.90 Å². The number of amides is 1. The van der Waals surface area contributed by atoms with E-state index in [2.05, 4.69) is 15.9 Å². The largest absolute Gasteiger partial charge is 0.450 e. The van der Waals surface area contributed by atoms with Crippen LogP contribution in [0.15, 0.2) is 46.9 Å². The molecule has 27 heavy (non-hydrogen) atoms. The van der Waals surface area contributed by atoms with Gasteiger partial charge in [0.05, 0.1) is 12.6 Å². The van der Waals surface area contributed by atoms with E-state index in [4.69, 9.17) is 10.5 Å². The Morgan fingerprint density at radius 1 is 1.30 bits per heavy atom. The van der Waals surface area contributed by atoms with E-state index >= 15 is 0 Å². The second kappa shape index (κ2) is 8.08. The van der Waals surface area contributed by atoms with Gasteiger partial charge in [-0.2, -0.15) is 0 Å². The van der Waals surface area contributed by atoms with Crippen molar-refractivity contribution in [3.8, 4) is 0 Å². The number of nitrogens with zero attached hydrogens (tertiary/aromatic N) is 1. The molecule has 142 valence electrons. The summed E-state index contributed by atoms with van der Waals surface area (Å²) in [4.78, 5) is 13.8. The lowest BCUT2D eigenvalue weighted by molar-refractivity contribution is 0.0962. The van der Waals surface area contributed by atoms with E-state index in [1.165, 1.54) is 4.90 Å². The molecule has 0 radical (unpaired) electrons. The molecular weight excluding hydrogens is 418 g/mol. The normalized spacial score (nSPS) is 16.8. The summed E-state index contributed by atoms with van der Waals surface area (Å²) in [5.41, 5.74) is 8.42. The van der Waals surface area contributed by atoms with Crippen molar-refractivity contribution in [2.24, 2.45) is 0 Å². The van der Waals surface area contributed by atoms with Crippen LogP contribution in [0.4, 0.5) is 19.3 Å². The Hall–Kier alpha value is -2.41. The van der Waals surface area contributed by atoms with Gasteiger partial charge in [0, 0.05) is 27.8 Å². The van der Waals surface area contributed by atoms with Crippen LogP contribution in [0.25, 0.3) is 5.57 Å². The molecule has 1 heterocycles. The predicted molar refractivity (Wildman–Crippen MR) is 104 cm³/mol. The molecule has 2 N–H and O–H groups in total. The number of carbonyl (C=O) groups is 1. The third-order valence-corrected chi connectivity index (χ3v) is 4.95. The van der Waals surface area contributed by atoms with Gasteiger partial charge in [-0.05, 0) is 55.3 Å². The van der Waals surface area contributed by atoms with Gasteiger partial charge in [0.1, 0.15) is 11.6 Å². The van der Waals surface area contributed by atoms with Crippen molar-refractivity contribution >= 4 is 33.3 Å². The van der Waals surface area contributed by atoms with Crippen molar-refractivity contribution in [3.63, 3.8) is 0 Å². The third kappa shape index (κ3) is 4.13. The van der Waals surface area contributed by atoms with Gasteiger partial charge >= 0.3 is 6.09 Å². The zero-order valence-electron chi connectivity index (χ0n) is 14.7. The van der Waals surface area contributed by atoms with Crippen LogP contribution in [0.2, 0.25) is 0 Å². The molecular formula is C20H19BrF2N2O2. The van der Waals surface area contributed by atoms with Crippen LogP contribution in [0.3, 0.4) is 0 Å². The molecule has 0 fully saturated rings. The van der Waals surface area contributed by atoms with Crippen LogP contribution in [0, 0.1) is 11.6 Å². The number of halogens is 3. The Bertz CT molecular complexity index is 902. The number of ether oxygens (including phenoxy) is 1. The zero-order chi connectivity index (χ0) is 19.6. The standard InChI is InChI=1S/C20H19BrF2N2O2/c1-2-27-20(26)25-8-7-12(15-10-13(21)3-6-18(15)24)9-19(25)16-11-14(22)4-5-17(16)23/h3-6,9-11,19H,2,7-8,24H2,1H3. The highest BCUT2D eigenvalue weighted by molar-refractivity contribution is 9.10. The number of anilines is 1. The van der Waals surface area contributed by atoms with Gasteiger partial charge in [0.15, 0.2) is 0 Å². The van der Waals surface area contributed by atoms with Gasteiger partial charge < -0.3 is 10.5 Å². The molecule has 0 bridgehead atoms. The van der Waals surface area contributed by atoms with Crippen molar-refractivity contribution in [1.82, 2.24) is 4.90 Å². The third-order valence-electron chi connectivity index (χ3n) is 4.46. The Morgan fingerprint density at radius 3 is 2.81 bits per heavy atom. The summed E-state index contributed by atoms with van der Waals surface area (Å²) >= 11 is 3.42. The fourth-order valence-electron chi connectivity index (χ4n) is 3.19. The molecule has 7 heteroatoms. The number of nitrogens with two attached hydrogens (primary N) is 1. The summed E-state index contributed by atoms with van der Waals surface area (Å²) in [7, 11) is 0. The first-order chi connectivity index (χ1) is 12.9. The Balaban J connectivity index is 2.10. The second-order valence-corrected chi connectivity index (χ2v) is 7.09. The minimum absolute atomic E-state index is 0.0776. The summed E-state index contributed by atoms with van der Waals surface area (Å²) in [5, 5.41) is 0. The topological polar surface area (TPSA) is 55.6 Å². The first kappa shape index (κ1) is 19.4. The molecule has 1 aliphatic rings. The molecule has 0 saturated heterocycles. The van der Waals surface area contributed by atoms with Crippen molar-refractivity contribution in [1.29, 1.82) is 0 Å². The van der Waals surface area contributed by atoms with E-state index in [0.29, 0.717) is 18.7 Å². The molecule has 3 rings (SSSR count). The number of nitrogen functional groups attached to an aromatic ring is 1. The maximum atomic E-state index is 14.4. The Morgan fingerprint density at radius 2 is 2.07 bits per heavy atom. The average molecular weight is 437 g/mol. The molecule has 1 aliphatic heterocycles. The van der Waals surface area contributed by atoms with Crippen LogP contribution in [0.1, 0.15) is 30.5 Å². The Labute approximate surface area is 164 Å². The smallest absolute Gasteiger partial charge is 0.410 e. The lowest BCUT2D eigenvalue weighted by Crippen LogP contribution is -2.38. The highest BCUT2D eigenvalue weighted by Gasteiger charge is 2.31. The number of carbonyl (C=O) groups excluding carboxylic acids is 1. The summed E-state index contributed by atoms with van der Waals surface area (Å²) in [6.07, 6.45) is 1.70. The average Bonchev–Trinajstić information content (AvgIpc) is 2.65. The predicted octanol–water partition coefficient (Wildman–Crippen LogP) is 5.30. The fraction of sp³-hybridized carbons (Fsp3) is 0.250. The maximum Gasteiger partial charge on any atom is 0.410 e. The van der Waals surface area contributed by atoms with Crippen molar-refractivity contribution < 1.29 is 18.3 Å². The molecule has 2 aromatic rings. The Kier molecular flexibility index (Phi) is 5.79. The monoisotopic (exact) mass is 436 g/mol. The van der Waals surface area contributed by atoms with Crippen LogP contribution in [-0.4, -0.2) is 24.1 Å². The summed E-state index contributed by atoms with van der Waals surface area (Å²) in [6.45, 7) is 2.20. The van der Waals surface area contributed by atoms with E-state index in [-0.39, 0.29) is 12.2 Å². The van der Waals surface area contributed by atoms with Crippen LogP contribution >= 0.6 is 15.9 Å². The van der Waals surface area contributed by atoms with E-state index in [0.717, 1.165) is 33.8 Å². The number of benzene rings is 2. The van der Waals surface area contributed by atoms with Gasteiger partial charge in [-0.1, -0.05) is 22.0 Å². The van der Waals surface area contributed by atoms with Gasteiger partial charge in [-0.15, -0.1) is 0 Å². The summed E-state index contributed by atoms with van der Waals surface area (Å²) in [6, 6.07) is 7.90. The summed E-state index contributed by atoms with van der Waals surface area (Å²) in [5.74, 6) is -1.16. The maximum absolute atomic E-state index is 14.4. The molecule has 0 spiro atoms. The van der Waals surface area contributed by atoms with Gasteiger partial charge in [0.2, 0.25) is 0 Å². The van der Waals surface area contributed by atoms with Crippen LogP contribution in [0.5, 0.6) is 0 Å². The van der Waals surface area contributed by atoms with Gasteiger partial charge in [-0.25, -0.2) is 13.6 Å². The minimum atomic E-state index is -0.790. The minimum Gasteiger partial charge on any atom is -0.450 e. The molecule has 2 aromatic carbocycles. The number of hydrogen-bond donors (Lipinski definition) is 1. The van der Waals surface area contributed by atoms with E-state index in [1.54, 1.807) is 19.1 Å². The van der Waals surface area contributed by atoms with Crippen molar-refractivity contribution in [2.45, 2.75) is 19.4 Å². The highest BCUT2D eigenvalue weighted by atomic mass is 79.9. The van der Waals surface area contributed by atoms with Crippen molar-refractivity contribution in [3.05, 3.63) is 69.7 Å². The first-order valence-corrected chi connectivity index (χ1v) is 9.34. The molecule has 4 nitrogen and oxygen atoms in total. The molecule has 1 unspecified atom stereocenters. The quantitative estimate of drug-likeness (QED) is 0.664. The number of hydrogen-bond acceptors (Lipinski definition) is 3. The highest BCUT2D eigenvalue weighted by Crippen LogP contribution is 2.37. The lowest BCUT2D eigenvalue weighted by Gasteiger charge is -2.34. The van der Waals surface area contributed by atoms with Gasteiger partial charge in [0.25, 0.3) is 0 Å². The zero-order valence-corrected chi connectivity index (χ0v) is 16.3. The molecule has 0 saturated carbocycles. The fourth-order valence-corrected chi connectivity index (χ4v) is 3.55. The SMILES string of the molecule is CCOC(=O)N1CCC(c2cc(Br)ccc2N)=CC1c1cc(F)ccc1F. The van der Waals surface area contributed by atoms with Crippen LogP contribution in [-0.2, 0) is 4.74 Å². The summed E-state index contributed by atoms with van der Waals surface area (Å²) < 4.78 is 34.2. The van der Waals surface area contributed by atoms with E-state index < -0.39 is 23.8 Å². The first-order valence-electron chi connectivity index (χ1n) is 8.55. The van der Waals surface area contributed by atoms with Crippen LogP contribution < -0.4 is 5.73 Å². The molecule has 1 amide bonds. The van der Waals surface area contributed by atoms with Crippen molar-refractivity contribution in [2.75, 3.05) is 18.9 Å².